The molecule has 0 aliphatic rings. The maximum absolute atomic E-state index is 5.40. The summed E-state index contributed by atoms with van der Waals surface area (Å²) in [5, 5.41) is 0. The molecule has 1 aromatic rings. The van der Waals surface area contributed by atoms with Crippen molar-refractivity contribution in [3.63, 3.8) is 0 Å². The van der Waals surface area contributed by atoms with E-state index in [4.69, 9.17) is 17.1 Å². The van der Waals surface area contributed by atoms with Crippen molar-refractivity contribution in [1.82, 2.24) is 4.73 Å². The second-order valence-electron chi connectivity index (χ2n) is 2.63. The highest BCUT2D eigenvalue weighted by molar-refractivity contribution is 7.71. The number of rotatable bonds is 5. The van der Waals surface area contributed by atoms with E-state index in [-0.39, 0.29) is 0 Å². The maximum Gasteiger partial charge on any atom is 0.142 e. The molecule has 0 saturated heterocycles. The van der Waals surface area contributed by atoms with E-state index in [2.05, 4.69) is 6.58 Å². The standard InChI is InChI=1S/C10H13NOS/c1-2-3-6-9-12-11-8-5-4-7-10(11)13/h2,4-5,7-8H,1,3,6,9H2. The van der Waals surface area contributed by atoms with Crippen molar-refractivity contribution in [2.45, 2.75) is 12.8 Å². The molecule has 0 aromatic carbocycles. The molecule has 0 fully saturated rings. The Morgan fingerprint density at radius 3 is 3.08 bits per heavy atom. The van der Waals surface area contributed by atoms with E-state index in [9.17, 15) is 0 Å². The maximum atomic E-state index is 5.40. The highest BCUT2D eigenvalue weighted by Gasteiger charge is 1.89. The van der Waals surface area contributed by atoms with E-state index in [0.717, 1.165) is 12.8 Å². The lowest BCUT2D eigenvalue weighted by atomic mass is 10.3. The van der Waals surface area contributed by atoms with Gasteiger partial charge in [-0.25, -0.2) is 0 Å². The van der Waals surface area contributed by atoms with Crippen LogP contribution in [0.3, 0.4) is 0 Å². The minimum atomic E-state index is 0.671. The normalized spacial score (nSPS) is 9.54. The molecule has 1 rings (SSSR count). The predicted octanol–water partition coefficient (Wildman–Crippen LogP) is 2.61. The van der Waals surface area contributed by atoms with Gasteiger partial charge in [-0.15, -0.1) is 6.58 Å². The lowest BCUT2D eigenvalue weighted by Crippen LogP contribution is -2.13. The van der Waals surface area contributed by atoms with Crippen molar-refractivity contribution in [2.24, 2.45) is 0 Å². The molecular formula is C10H13NOS. The molecule has 0 amide bonds. The first-order chi connectivity index (χ1) is 6.34. The van der Waals surface area contributed by atoms with Gasteiger partial charge in [0, 0.05) is 6.20 Å². The molecule has 0 saturated carbocycles. The Morgan fingerprint density at radius 1 is 1.54 bits per heavy atom. The Balaban J connectivity index is 2.41. The number of aromatic nitrogens is 1. The van der Waals surface area contributed by atoms with Gasteiger partial charge in [-0.1, -0.05) is 24.4 Å². The van der Waals surface area contributed by atoms with Gasteiger partial charge in [0.15, 0.2) is 0 Å². The van der Waals surface area contributed by atoms with Gasteiger partial charge in [-0.2, -0.15) is 4.73 Å². The lowest BCUT2D eigenvalue weighted by Gasteiger charge is -2.07. The van der Waals surface area contributed by atoms with Crippen molar-refractivity contribution < 1.29 is 4.84 Å². The van der Waals surface area contributed by atoms with Gasteiger partial charge >= 0.3 is 0 Å². The summed E-state index contributed by atoms with van der Waals surface area (Å²) in [7, 11) is 0. The van der Waals surface area contributed by atoms with Crippen molar-refractivity contribution >= 4 is 12.2 Å². The van der Waals surface area contributed by atoms with Gasteiger partial charge in [0.25, 0.3) is 0 Å². The first-order valence-electron chi connectivity index (χ1n) is 4.26. The number of allylic oxidation sites excluding steroid dienone is 1. The summed E-state index contributed by atoms with van der Waals surface area (Å²) in [6.07, 6.45) is 5.64. The van der Waals surface area contributed by atoms with Crippen molar-refractivity contribution in [3.05, 3.63) is 41.7 Å². The van der Waals surface area contributed by atoms with E-state index in [1.54, 1.807) is 4.73 Å². The Morgan fingerprint density at radius 2 is 2.38 bits per heavy atom. The van der Waals surface area contributed by atoms with Crippen LogP contribution in [-0.2, 0) is 0 Å². The molecular weight excluding hydrogens is 182 g/mol. The second-order valence-corrected chi connectivity index (χ2v) is 3.05. The van der Waals surface area contributed by atoms with E-state index in [0.29, 0.717) is 11.2 Å². The van der Waals surface area contributed by atoms with Gasteiger partial charge in [0.2, 0.25) is 0 Å². The van der Waals surface area contributed by atoms with Crippen LogP contribution in [0.2, 0.25) is 0 Å². The Kier molecular flexibility index (Phi) is 4.26. The third-order valence-corrected chi connectivity index (χ3v) is 1.89. The first kappa shape index (κ1) is 9.99. The number of nitrogens with zero attached hydrogens (tertiary/aromatic N) is 1. The number of hydrogen-bond donors (Lipinski definition) is 0. The minimum Gasteiger partial charge on any atom is -0.413 e. The molecule has 3 heteroatoms. The molecule has 0 N–H and O–H groups in total. The Bertz CT molecular complexity index is 319. The summed E-state index contributed by atoms with van der Waals surface area (Å²) in [6.45, 7) is 4.31. The van der Waals surface area contributed by atoms with Crippen molar-refractivity contribution in [2.75, 3.05) is 6.61 Å². The molecule has 70 valence electrons. The Hall–Kier alpha value is -1.09. The van der Waals surface area contributed by atoms with Gasteiger partial charge in [0.1, 0.15) is 11.2 Å². The van der Waals surface area contributed by atoms with Crippen LogP contribution in [0.15, 0.2) is 37.1 Å². The smallest absolute Gasteiger partial charge is 0.142 e. The van der Waals surface area contributed by atoms with E-state index in [1.807, 2.05) is 30.5 Å². The highest BCUT2D eigenvalue weighted by Crippen LogP contribution is 1.92. The quantitative estimate of drug-likeness (QED) is 0.407. The van der Waals surface area contributed by atoms with E-state index >= 15 is 0 Å². The molecule has 0 aliphatic carbocycles. The fraction of sp³-hybridized carbons (Fsp3) is 0.300. The van der Waals surface area contributed by atoms with Crippen molar-refractivity contribution in [3.8, 4) is 0 Å². The monoisotopic (exact) mass is 195 g/mol. The third kappa shape index (κ3) is 3.42. The summed E-state index contributed by atoms with van der Waals surface area (Å²) in [5.74, 6) is 0. The van der Waals surface area contributed by atoms with Crippen LogP contribution >= 0.6 is 12.2 Å². The van der Waals surface area contributed by atoms with Crippen LogP contribution in [0, 0.1) is 4.64 Å². The number of unbranched alkanes of at least 4 members (excludes halogenated alkanes) is 1. The number of pyridine rings is 1. The van der Waals surface area contributed by atoms with Gasteiger partial charge in [-0.3, -0.25) is 0 Å². The van der Waals surface area contributed by atoms with Crippen LogP contribution in [0.5, 0.6) is 0 Å². The summed E-state index contributed by atoms with van der Waals surface area (Å²) >= 11 is 5.05. The average molecular weight is 195 g/mol. The Labute approximate surface area is 83.4 Å². The predicted molar refractivity (Wildman–Crippen MR) is 56.1 cm³/mol. The van der Waals surface area contributed by atoms with Crippen molar-refractivity contribution in [1.29, 1.82) is 0 Å². The van der Waals surface area contributed by atoms with Crippen LogP contribution in [0.1, 0.15) is 12.8 Å². The largest absolute Gasteiger partial charge is 0.413 e. The third-order valence-electron chi connectivity index (χ3n) is 1.57. The van der Waals surface area contributed by atoms with Crippen LogP contribution in [0.25, 0.3) is 0 Å². The lowest BCUT2D eigenvalue weighted by molar-refractivity contribution is 0.104. The summed E-state index contributed by atoms with van der Waals surface area (Å²) < 4.78 is 2.31. The fourth-order valence-corrected chi connectivity index (χ4v) is 1.10. The molecule has 1 aromatic heterocycles. The first-order valence-corrected chi connectivity index (χ1v) is 4.67. The molecule has 2 nitrogen and oxygen atoms in total. The number of hydrogen-bond acceptors (Lipinski definition) is 2. The zero-order valence-electron chi connectivity index (χ0n) is 7.48. The zero-order valence-corrected chi connectivity index (χ0v) is 8.30. The second kappa shape index (κ2) is 5.54. The van der Waals surface area contributed by atoms with Gasteiger partial charge < -0.3 is 4.84 Å². The molecule has 0 bridgehead atoms. The van der Waals surface area contributed by atoms with Gasteiger partial charge in [-0.05, 0) is 25.0 Å². The summed E-state index contributed by atoms with van der Waals surface area (Å²) in [6, 6.07) is 5.62. The average Bonchev–Trinajstić information content (AvgIpc) is 2.15. The molecule has 0 unspecified atom stereocenters. The fourth-order valence-electron chi connectivity index (χ4n) is 0.910. The molecule has 0 aliphatic heterocycles. The zero-order chi connectivity index (χ0) is 9.52. The molecule has 13 heavy (non-hydrogen) atoms. The topological polar surface area (TPSA) is 14.2 Å². The van der Waals surface area contributed by atoms with Gasteiger partial charge in [0.05, 0.1) is 0 Å². The van der Waals surface area contributed by atoms with Crippen LogP contribution in [0.4, 0.5) is 0 Å². The summed E-state index contributed by atoms with van der Waals surface area (Å²) in [5.41, 5.74) is 0. The SMILES string of the molecule is C=CCCCOn1ccccc1=S. The van der Waals surface area contributed by atoms with Crippen LogP contribution < -0.4 is 4.84 Å². The van der Waals surface area contributed by atoms with E-state index < -0.39 is 0 Å². The molecule has 1 heterocycles. The highest BCUT2D eigenvalue weighted by atomic mass is 32.1. The minimum absolute atomic E-state index is 0.671. The molecule has 0 radical (unpaired) electrons. The van der Waals surface area contributed by atoms with Crippen LogP contribution in [-0.4, -0.2) is 11.3 Å². The molecule has 0 spiro atoms. The summed E-state index contributed by atoms with van der Waals surface area (Å²) in [4.78, 5) is 5.40. The van der Waals surface area contributed by atoms with E-state index in [1.165, 1.54) is 0 Å². The molecule has 0 atom stereocenters.